The zero-order chi connectivity index (χ0) is 15.8. The van der Waals surface area contributed by atoms with Crippen molar-refractivity contribution < 1.29 is 9.47 Å². The first-order valence-corrected chi connectivity index (χ1v) is 7.94. The Morgan fingerprint density at radius 1 is 1.43 bits per heavy atom. The predicted molar refractivity (Wildman–Crippen MR) is 105 cm³/mol. The second kappa shape index (κ2) is 10.9. The van der Waals surface area contributed by atoms with Gasteiger partial charge in [-0.1, -0.05) is 11.6 Å². The van der Waals surface area contributed by atoms with Crippen LogP contribution in [0, 0.1) is 5.92 Å². The Kier molecular flexibility index (Phi) is 9.66. The Hall–Kier alpha value is -0.730. The SMILES string of the molecule is CN=C(NCCOc1ccc(Cl)cc1)N(C)CC1CCOC1.I. The Morgan fingerprint density at radius 2 is 2.17 bits per heavy atom. The summed E-state index contributed by atoms with van der Waals surface area (Å²) in [7, 11) is 3.84. The van der Waals surface area contributed by atoms with Crippen LogP contribution in [0.15, 0.2) is 29.3 Å². The van der Waals surface area contributed by atoms with E-state index < -0.39 is 0 Å². The predicted octanol–water partition coefficient (Wildman–Crippen LogP) is 2.88. The molecule has 130 valence electrons. The maximum Gasteiger partial charge on any atom is 0.193 e. The molecular formula is C16H25ClIN3O2. The van der Waals surface area contributed by atoms with E-state index in [-0.39, 0.29) is 24.0 Å². The zero-order valence-electron chi connectivity index (χ0n) is 13.6. The number of nitrogens with one attached hydrogen (secondary N) is 1. The minimum absolute atomic E-state index is 0. The molecule has 0 aromatic heterocycles. The van der Waals surface area contributed by atoms with Crippen molar-refractivity contribution in [2.45, 2.75) is 6.42 Å². The van der Waals surface area contributed by atoms with Crippen LogP contribution in [0.4, 0.5) is 0 Å². The molecule has 1 fully saturated rings. The van der Waals surface area contributed by atoms with Crippen molar-refractivity contribution in [3.8, 4) is 5.75 Å². The molecule has 0 amide bonds. The molecular weight excluding hydrogens is 429 g/mol. The lowest BCUT2D eigenvalue weighted by atomic mass is 10.1. The van der Waals surface area contributed by atoms with Gasteiger partial charge >= 0.3 is 0 Å². The molecule has 0 spiro atoms. The highest BCUT2D eigenvalue weighted by Crippen LogP contribution is 2.15. The van der Waals surface area contributed by atoms with Gasteiger partial charge < -0.3 is 19.7 Å². The third-order valence-electron chi connectivity index (χ3n) is 3.60. The lowest BCUT2D eigenvalue weighted by molar-refractivity contribution is 0.181. The molecule has 7 heteroatoms. The molecule has 1 aliphatic heterocycles. The molecule has 2 rings (SSSR count). The summed E-state index contributed by atoms with van der Waals surface area (Å²) in [6.45, 7) is 3.94. The van der Waals surface area contributed by atoms with Crippen molar-refractivity contribution in [3.63, 3.8) is 0 Å². The summed E-state index contributed by atoms with van der Waals surface area (Å²) in [6.07, 6.45) is 1.13. The molecule has 1 N–H and O–H groups in total. The van der Waals surface area contributed by atoms with Crippen LogP contribution in [-0.4, -0.2) is 57.9 Å². The largest absolute Gasteiger partial charge is 0.492 e. The van der Waals surface area contributed by atoms with Crippen molar-refractivity contribution in [1.29, 1.82) is 0 Å². The smallest absolute Gasteiger partial charge is 0.193 e. The lowest BCUT2D eigenvalue weighted by Gasteiger charge is -2.24. The maximum absolute atomic E-state index is 5.84. The van der Waals surface area contributed by atoms with Crippen molar-refractivity contribution in [3.05, 3.63) is 29.3 Å². The highest BCUT2D eigenvalue weighted by Gasteiger charge is 2.18. The topological polar surface area (TPSA) is 46.1 Å². The Bertz CT molecular complexity index is 479. The molecule has 1 heterocycles. The first-order chi connectivity index (χ1) is 10.7. The van der Waals surface area contributed by atoms with E-state index in [1.807, 2.05) is 31.3 Å². The van der Waals surface area contributed by atoms with E-state index in [1.165, 1.54) is 0 Å². The molecule has 0 radical (unpaired) electrons. The van der Waals surface area contributed by atoms with E-state index in [0.29, 0.717) is 24.1 Å². The van der Waals surface area contributed by atoms with Gasteiger partial charge in [0.2, 0.25) is 0 Å². The van der Waals surface area contributed by atoms with Gasteiger partial charge in [-0.15, -0.1) is 24.0 Å². The van der Waals surface area contributed by atoms with Crippen LogP contribution in [0.3, 0.4) is 0 Å². The molecule has 0 bridgehead atoms. The quantitative estimate of drug-likeness (QED) is 0.311. The number of nitrogens with zero attached hydrogens (tertiary/aromatic N) is 2. The highest BCUT2D eigenvalue weighted by atomic mass is 127. The Labute approximate surface area is 160 Å². The summed E-state index contributed by atoms with van der Waals surface area (Å²) in [4.78, 5) is 6.44. The van der Waals surface area contributed by atoms with Crippen LogP contribution in [0.5, 0.6) is 5.75 Å². The van der Waals surface area contributed by atoms with E-state index in [4.69, 9.17) is 21.1 Å². The van der Waals surface area contributed by atoms with Crippen LogP contribution in [0.1, 0.15) is 6.42 Å². The van der Waals surface area contributed by atoms with Gasteiger partial charge in [0.1, 0.15) is 12.4 Å². The second-order valence-electron chi connectivity index (χ2n) is 5.39. The molecule has 5 nitrogen and oxygen atoms in total. The summed E-state index contributed by atoms with van der Waals surface area (Å²) >= 11 is 5.84. The van der Waals surface area contributed by atoms with Crippen LogP contribution >= 0.6 is 35.6 Å². The highest BCUT2D eigenvalue weighted by molar-refractivity contribution is 14.0. The average molecular weight is 454 g/mol. The first kappa shape index (κ1) is 20.3. The van der Waals surface area contributed by atoms with E-state index in [0.717, 1.165) is 37.9 Å². The number of rotatable bonds is 6. The molecule has 1 aromatic rings. The van der Waals surface area contributed by atoms with Gasteiger partial charge in [0.05, 0.1) is 13.2 Å². The molecule has 1 aliphatic rings. The normalized spacial score (nSPS) is 17.5. The number of halogens is 2. The number of ether oxygens (including phenoxy) is 2. The van der Waals surface area contributed by atoms with E-state index >= 15 is 0 Å². The third kappa shape index (κ3) is 7.14. The van der Waals surface area contributed by atoms with Crippen LogP contribution < -0.4 is 10.1 Å². The average Bonchev–Trinajstić information content (AvgIpc) is 3.02. The Morgan fingerprint density at radius 3 is 2.78 bits per heavy atom. The van der Waals surface area contributed by atoms with Gasteiger partial charge in [-0.05, 0) is 30.7 Å². The number of aliphatic imine (C=N–C) groups is 1. The molecule has 0 saturated carbocycles. The minimum atomic E-state index is 0. The van der Waals surface area contributed by atoms with Gasteiger partial charge in [0.15, 0.2) is 5.96 Å². The first-order valence-electron chi connectivity index (χ1n) is 7.57. The van der Waals surface area contributed by atoms with Crippen LogP contribution in [0.2, 0.25) is 5.02 Å². The van der Waals surface area contributed by atoms with Gasteiger partial charge in [0, 0.05) is 38.2 Å². The minimum Gasteiger partial charge on any atom is -0.492 e. The number of guanidine groups is 1. The van der Waals surface area contributed by atoms with E-state index in [1.54, 1.807) is 7.05 Å². The van der Waals surface area contributed by atoms with Gasteiger partial charge in [-0.3, -0.25) is 4.99 Å². The Balaban J connectivity index is 0.00000264. The van der Waals surface area contributed by atoms with Crippen molar-refractivity contribution in [1.82, 2.24) is 10.2 Å². The summed E-state index contributed by atoms with van der Waals surface area (Å²) in [5.41, 5.74) is 0. The zero-order valence-corrected chi connectivity index (χ0v) is 16.7. The fourth-order valence-electron chi connectivity index (χ4n) is 2.45. The summed E-state index contributed by atoms with van der Waals surface area (Å²) in [5, 5.41) is 4.02. The summed E-state index contributed by atoms with van der Waals surface area (Å²) in [6, 6.07) is 7.37. The van der Waals surface area contributed by atoms with Gasteiger partial charge in [-0.2, -0.15) is 0 Å². The molecule has 1 saturated heterocycles. The molecule has 1 atom stereocenters. The standard InChI is InChI=1S/C16H24ClN3O2.HI/c1-18-16(20(2)11-13-7-9-21-12-13)19-8-10-22-15-5-3-14(17)4-6-15;/h3-6,13H,7-12H2,1-2H3,(H,18,19);1H. The van der Waals surface area contributed by atoms with E-state index in [2.05, 4.69) is 15.2 Å². The molecule has 23 heavy (non-hydrogen) atoms. The monoisotopic (exact) mass is 453 g/mol. The fourth-order valence-corrected chi connectivity index (χ4v) is 2.57. The third-order valence-corrected chi connectivity index (χ3v) is 3.85. The molecule has 1 aromatic carbocycles. The van der Waals surface area contributed by atoms with Crippen molar-refractivity contribution in [2.24, 2.45) is 10.9 Å². The fraction of sp³-hybridized carbons (Fsp3) is 0.562. The van der Waals surface area contributed by atoms with Crippen LogP contribution in [-0.2, 0) is 4.74 Å². The summed E-state index contributed by atoms with van der Waals surface area (Å²) in [5.74, 6) is 2.29. The van der Waals surface area contributed by atoms with Crippen molar-refractivity contribution >= 4 is 41.5 Å². The van der Waals surface area contributed by atoms with Crippen molar-refractivity contribution in [2.75, 3.05) is 47.0 Å². The number of hydrogen-bond acceptors (Lipinski definition) is 3. The summed E-state index contributed by atoms with van der Waals surface area (Å²) < 4.78 is 11.1. The maximum atomic E-state index is 5.84. The number of benzene rings is 1. The second-order valence-corrected chi connectivity index (χ2v) is 5.82. The molecule has 0 aliphatic carbocycles. The lowest BCUT2D eigenvalue weighted by Crippen LogP contribution is -2.42. The molecule has 1 unspecified atom stereocenters. The van der Waals surface area contributed by atoms with Crippen LogP contribution in [0.25, 0.3) is 0 Å². The van der Waals surface area contributed by atoms with Gasteiger partial charge in [-0.25, -0.2) is 0 Å². The van der Waals surface area contributed by atoms with E-state index in [9.17, 15) is 0 Å². The number of hydrogen-bond donors (Lipinski definition) is 1. The van der Waals surface area contributed by atoms with Gasteiger partial charge in [0.25, 0.3) is 0 Å².